The van der Waals surface area contributed by atoms with Crippen molar-refractivity contribution in [1.82, 2.24) is 5.32 Å². The van der Waals surface area contributed by atoms with Gasteiger partial charge in [0, 0.05) is 0 Å². The highest BCUT2D eigenvalue weighted by atomic mass is 35.5. The van der Waals surface area contributed by atoms with E-state index >= 15 is 0 Å². The lowest BCUT2D eigenvalue weighted by molar-refractivity contribution is -0.122. The Bertz CT molecular complexity index is 987. The summed E-state index contributed by atoms with van der Waals surface area (Å²) in [6, 6.07) is 12.6. The first kappa shape index (κ1) is 20.0. The summed E-state index contributed by atoms with van der Waals surface area (Å²) in [5.41, 5.74) is 2.22. The highest BCUT2D eigenvalue weighted by Gasteiger charge is 2.35. The Hall–Kier alpha value is -2.70. The lowest BCUT2D eigenvalue weighted by atomic mass is 10.0. The molecule has 2 aromatic carbocycles. The average molecular weight is 415 g/mol. The van der Waals surface area contributed by atoms with E-state index in [2.05, 4.69) is 5.32 Å². The Kier molecular flexibility index (Phi) is 6.11. The summed E-state index contributed by atoms with van der Waals surface area (Å²) < 4.78 is 5.41. The van der Waals surface area contributed by atoms with Crippen molar-refractivity contribution >= 4 is 52.5 Å². The third-order valence-electron chi connectivity index (χ3n) is 4.28. The van der Waals surface area contributed by atoms with Gasteiger partial charge in [0.15, 0.2) is 5.11 Å². The predicted octanol–water partition coefficient (Wildman–Crippen LogP) is 4.13. The Balaban J connectivity index is 2.00. The van der Waals surface area contributed by atoms with Crippen molar-refractivity contribution in [1.29, 1.82) is 0 Å². The van der Waals surface area contributed by atoms with Gasteiger partial charge in [-0.1, -0.05) is 42.8 Å². The number of aryl methyl sites for hydroxylation is 1. The molecule has 0 radical (unpaired) electrons. The number of anilines is 1. The molecule has 1 heterocycles. The third-order valence-corrected chi connectivity index (χ3v) is 4.86. The summed E-state index contributed by atoms with van der Waals surface area (Å²) in [7, 11) is 0. The number of hydrogen-bond acceptors (Lipinski definition) is 4. The van der Waals surface area contributed by atoms with Crippen molar-refractivity contribution in [3.05, 3.63) is 64.2 Å². The summed E-state index contributed by atoms with van der Waals surface area (Å²) in [4.78, 5) is 26.9. The second-order valence-electron chi connectivity index (χ2n) is 6.06. The van der Waals surface area contributed by atoms with Crippen LogP contribution in [0.15, 0.2) is 48.0 Å². The molecule has 0 bridgehead atoms. The predicted molar refractivity (Wildman–Crippen MR) is 115 cm³/mol. The fourth-order valence-corrected chi connectivity index (χ4v) is 3.47. The summed E-state index contributed by atoms with van der Waals surface area (Å²) in [6.45, 7) is 4.35. The van der Waals surface area contributed by atoms with Gasteiger partial charge in [-0.3, -0.25) is 19.8 Å². The Morgan fingerprint density at radius 2 is 1.93 bits per heavy atom. The molecule has 144 valence electrons. The van der Waals surface area contributed by atoms with Crippen molar-refractivity contribution in [3.8, 4) is 5.75 Å². The molecule has 28 heavy (non-hydrogen) atoms. The molecule has 1 aliphatic heterocycles. The van der Waals surface area contributed by atoms with Crippen LogP contribution in [-0.2, 0) is 16.0 Å². The van der Waals surface area contributed by atoms with Crippen molar-refractivity contribution in [2.45, 2.75) is 20.3 Å². The zero-order valence-electron chi connectivity index (χ0n) is 15.5. The molecule has 0 unspecified atom stereocenters. The van der Waals surface area contributed by atoms with Gasteiger partial charge in [0.05, 0.1) is 17.3 Å². The highest BCUT2D eigenvalue weighted by Crippen LogP contribution is 2.29. The van der Waals surface area contributed by atoms with Gasteiger partial charge in [-0.2, -0.15) is 0 Å². The molecule has 5 nitrogen and oxygen atoms in total. The molecule has 0 aromatic heterocycles. The monoisotopic (exact) mass is 414 g/mol. The van der Waals surface area contributed by atoms with Crippen LogP contribution in [0.4, 0.5) is 5.69 Å². The quantitative estimate of drug-likeness (QED) is 0.454. The number of nitrogens with zero attached hydrogens (tertiary/aromatic N) is 1. The first-order valence-electron chi connectivity index (χ1n) is 8.88. The number of hydrogen-bond donors (Lipinski definition) is 1. The van der Waals surface area contributed by atoms with Gasteiger partial charge in [-0.25, -0.2) is 0 Å². The molecule has 0 atom stereocenters. The Morgan fingerprint density at radius 3 is 2.61 bits per heavy atom. The summed E-state index contributed by atoms with van der Waals surface area (Å²) in [6.07, 6.45) is 2.23. The first-order valence-corrected chi connectivity index (χ1v) is 9.66. The molecule has 2 aromatic rings. The minimum Gasteiger partial charge on any atom is -0.492 e. The highest BCUT2D eigenvalue weighted by molar-refractivity contribution is 7.80. The van der Waals surface area contributed by atoms with Gasteiger partial charge in [-0.05, 0) is 61.0 Å². The molecule has 1 saturated heterocycles. The van der Waals surface area contributed by atoms with Gasteiger partial charge in [0.25, 0.3) is 11.8 Å². The summed E-state index contributed by atoms with van der Waals surface area (Å²) in [5, 5.41) is 3.07. The van der Waals surface area contributed by atoms with Gasteiger partial charge >= 0.3 is 0 Å². The fraction of sp³-hybridized carbons (Fsp3) is 0.190. The van der Waals surface area contributed by atoms with Crippen LogP contribution in [0, 0.1) is 0 Å². The molecular formula is C21H19ClN2O3S. The molecule has 0 spiro atoms. The zero-order valence-corrected chi connectivity index (χ0v) is 17.1. The number of carbonyl (C=O) groups is 2. The average Bonchev–Trinajstić information content (AvgIpc) is 2.67. The van der Waals surface area contributed by atoms with Crippen LogP contribution in [-0.4, -0.2) is 23.5 Å². The summed E-state index contributed by atoms with van der Waals surface area (Å²) in [5.74, 6) is -0.463. The van der Waals surface area contributed by atoms with Crippen LogP contribution in [0.2, 0.25) is 5.02 Å². The van der Waals surface area contributed by atoms with Crippen LogP contribution >= 0.6 is 23.8 Å². The van der Waals surface area contributed by atoms with Crippen molar-refractivity contribution in [2.24, 2.45) is 0 Å². The molecule has 0 saturated carbocycles. The van der Waals surface area contributed by atoms with Gasteiger partial charge in [0.2, 0.25) is 0 Å². The third kappa shape index (κ3) is 3.93. The standard InChI is InChI=1S/C21H19ClN2O3S/c1-3-14-7-5-6-8-17(14)24-20(26)15(19(25)23-21(24)28)11-13-9-10-18(27-4-2)16(22)12-13/h5-12H,3-4H2,1-2H3,(H,23,25,28)/b15-11+. The van der Waals surface area contributed by atoms with E-state index in [1.807, 2.05) is 38.1 Å². The number of thiocarbonyl (C=S) groups is 1. The number of ether oxygens (including phenoxy) is 1. The van der Waals surface area contributed by atoms with Gasteiger partial charge in [-0.15, -0.1) is 0 Å². The van der Waals surface area contributed by atoms with E-state index < -0.39 is 11.8 Å². The van der Waals surface area contributed by atoms with Gasteiger partial charge in [0.1, 0.15) is 11.3 Å². The van der Waals surface area contributed by atoms with E-state index in [1.54, 1.807) is 18.2 Å². The second kappa shape index (κ2) is 8.54. The Morgan fingerprint density at radius 1 is 1.18 bits per heavy atom. The number of halogens is 1. The largest absolute Gasteiger partial charge is 0.492 e. The minimum atomic E-state index is -0.537. The van der Waals surface area contributed by atoms with E-state index in [4.69, 9.17) is 28.6 Å². The minimum absolute atomic E-state index is 0.0141. The number of benzene rings is 2. The van der Waals surface area contributed by atoms with E-state index in [1.165, 1.54) is 11.0 Å². The maximum absolute atomic E-state index is 13.1. The van der Waals surface area contributed by atoms with E-state index in [0.717, 1.165) is 12.0 Å². The molecule has 7 heteroatoms. The van der Waals surface area contributed by atoms with Crippen LogP contribution in [0.1, 0.15) is 25.0 Å². The van der Waals surface area contributed by atoms with Crippen LogP contribution < -0.4 is 15.0 Å². The number of amides is 2. The van der Waals surface area contributed by atoms with Gasteiger partial charge < -0.3 is 4.74 Å². The SMILES string of the molecule is CCOc1ccc(/C=C2\C(=O)NC(=S)N(c3ccccc3CC)C2=O)cc1Cl. The smallest absolute Gasteiger partial charge is 0.270 e. The lowest BCUT2D eigenvalue weighted by Crippen LogP contribution is -2.54. The maximum atomic E-state index is 13.1. The van der Waals surface area contributed by atoms with Crippen molar-refractivity contribution in [3.63, 3.8) is 0 Å². The fourth-order valence-electron chi connectivity index (χ4n) is 2.95. The molecule has 0 aliphatic carbocycles. The van der Waals surface area contributed by atoms with Crippen molar-refractivity contribution < 1.29 is 14.3 Å². The number of carbonyl (C=O) groups excluding carboxylic acids is 2. The zero-order chi connectivity index (χ0) is 20.3. The van der Waals surface area contributed by atoms with E-state index in [-0.39, 0.29) is 10.7 Å². The first-order chi connectivity index (χ1) is 13.5. The molecule has 3 rings (SSSR count). The van der Waals surface area contributed by atoms with E-state index in [9.17, 15) is 9.59 Å². The normalized spacial score (nSPS) is 15.8. The van der Waals surface area contributed by atoms with Crippen molar-refractivity contribution in [2.75, 3.05) is 11.5 Å². The topological polar surface area (TPSA) is 58.6 Å². The molecule has 1 fully saturated rings. The number of rotatable bonds is 5. The second-order valence-corrected chi connectivity index (χ2v) is 6.86. The van der Waals surface area contributed by atoms with Crippen LogP contribution in [0.3, 0.4) is 0 Å². The number of para-hydroxylation sites is 1. The number of nitrogens with one attached hydrogen (secondary N) is 1. The van der Waals surface area contributed by atoms with E-state index in [0.29, 0.717) is 28.6 Å². The molecular weight excluding hydrogens is 396 g/mol. The lowest BCUT2D eigenvalue weighted by Gasteiger charge is -2.30. The molecule has 2 amide bonds. The van der Waals surface area contributed by atoms with Crippen LogP contribution in [0.25, 0.3) is 6.08 Å². The maximum Gasteiger partial charge on any atom is 0.270 e. The molecule has 1 N–H and O–H groups in total. The summed E-state index contributed by atoms with van der Waals surface area (Å²) >= 11 is 11.5. The Labute approximate surface area is 173 Å². The molecule has 1 aliphatic rings. The van der Waals surface area contributed by atoms with Crippen LogP contribution in [0.5, 0.6) is 5.75 Å².